The number of phenols is 1. The Hall–Kier alpha value is -4.82. The van der Waals surface area contributed by atoms with E-state index in [-0.39, 0.29) is 16.7 Å². The van der Waals surface area contributed by atoms with Crippen LogP contribution in [-0.4, -0.2) is 66.9 Å². The molecule has 0 aliphatic carbocycles. The second-order valence-corrected chi connectivity index (χ2v) is 18.9. The molecular weight excluding hydrogens is 854 g/mol. The fourth-order valence-electron chi connectivity index (χ4n) is 8.86. The highest BCUT2D eigenvalue weighted by Gasteiger charge is 2.49. The number of halogens is 3. The first-order valence-corrected chi connectivity index (χ1v) is 23.8. The molecule has 4 aromatic rings. The van der Waals surface area contributed by atoms with E-state index in [2.05, 4.69) is 72.9 Å². The Morgan fingerprint density at radius 3 is 1.28 bits per heavy atom. The van der Waals surface area contributed by atoms with Crippen molar-refractivity contribution in [3.63, 3.8) is 0 Å². The topological polar surface area (TPSA) is 123 Å². The largest absolute Gasteiger partial charge is 0.534 e. The van der Waals surface area contributed by atoms with Gasteiger partial charge in [0.05, 0.1) is 26.4 Å². The van der Waals surface area contributed by atoms with Gasteiger partial charge in [0.25, 0.3) is 0 Å². The van der Waals surface area contributed by atoms with Crippen molar-refractivity contribution in [2.45, 2.75) is 134 Å². The van der Waals surface area contributed by atoms with Crippen LogP contribution in [-0.2, 0) is 30.4 Å². The Bertz CT molecular complexity index is 2540. The van der Waals surface area contributed by atoms with E-state index >= 15 is 0 Å². The van der Waals surface area contributed by atoms with Crippen molar-refractivity contribution in [1.29, 1.82) is 0 Å². The zero-order valence-corrected chi connectivity index (χ0v) is 39.7. The van der Waals surface area contributed by atoms with Crippen molar-refractivity contribution < 1.29 is 50.6 Å². The van der Waals surface area contributed by atoms with Gasteiger partial charge in [-0.25, -0.2) is 0 Å². The van der Waals surface area contributed by atoms with Gasteiger partial charge in [-0.15, -0.1) is 0 Å². The average Bonchev–Trinajstić information content (AvgIpc) is 3.26. The number of alkyl halides is 3. The molecule has 3 N–H and O–H groups in total. The van der Waals surface area contributed by atoms with Crippen molar-refractivity contribution in [2.24, 2.45) is 0 Å². The van der Waals surface area contributed by atoms with Crippen molar-refractivity contribution >= 4 is 10.1 Å². The summed E-state index contributed by atoms with van der Waals surface area (Å²) in [7, 11) is -5.75. The zero-order chi connectivity index (χ0) is 47.8. The first-order chi connectivity index (χ1) is 30.6. The maximum Gasteiger partial charge on any atom is 0.534 e. The smallest absolute Gasteiger partial charge is 0.508 e. The van der Waals surface area contributed by atoms with Crippen LogP contribution in [0.1, 0.15) is 135 Å². The van der Waals surface area contributed by atoms with Crippen LogP contribution < -0.4 is 4.18 Å². The number of aliphatic hydroxyl groups is 2. The van der Waals surface area contributed by atoms with Gasteiger partial charge in [-0.3, -0.25) is 0 Å². The van der Waals surface area contributed by atoms with E-state index in [1.165, 1.54) is 24.1 Å². The number of aryl methyl sites for hydroxylation is 4. The van der Waals surface area contributed by atoms with E-state index in [1.54, 1.807) is 18.2 Å². The lowest BCUT2D eigenvalue weighted by Crippen LogP contribution is -2.34. The fourth-order valence-corrected chi connectivity index (χ4v) is 9.38. The van der Waals surface area contributed by atoms with Crippen molar-refractivity contribution in [3.05, 3.63) is 128 Å². The van der Waals surface area contributed by atoms with E-state index in [0.717, 1.165) is 51.8 Å². The van der Waals surface area contributed by atoms with Crippen molar-refractivity contribution in [1.82, 2.24) is 0 Å². The van der Waals surface area contributed by atoms with E-state index in [0.29, 0.717) is 70.7 Å². The Morgan fingerprint density at radius 2 is 0.938 bits per heavy atom. The third kappa shape index (κ3) is 11.6. The predicted octanol–water partition coefficient (Wildman–Crippen LogP) is 10.5. The summed E-state index contributed by atoms with van der Waals surface area (Å²) in [5.74, 6) is 12.4. The third-order valence-electron chi connectivity index (χ3n) is 13.4. The Labute approximate surface area is 383 Å². The highest BCUT2D eigenvalue weighted by molar-refractivity contribution is 7.88. The molecule has 4 aromatic carbocycles. The lowest BCUT2D eigenvalue weighted by molar-refractivity contribution is -0.0500. The van der Waals surface area contributed by atoms with Gasteiger partial charge in [-0.2, -0.15) is 21.6 Å². The summed E-state index contributed by atoms with van der Waals surface area (Å²) in [6.45, 7) is 18.1. The van der Waals surface area contributed by atoms with Gasteiger partial charge in [0.15, 0.2) is 0 Å². The Balaban J connectivity index is 0.000000250. The molecule has 2 fully saturated rings. The van der Waals surface area contributed by atoms with Gasteiger partial charge in [0.1, 0.15) is 22.7 Å². The standard InChI is InChI=1S/C27H31F3O5S.C26H32O3/c1-5-26(6-2,23-9-10-24(20(4)18-23)35-36(32,33)27(28,29)30)22-8-7-21(19(3)17-22)11-12-25(31)13-15-34-16-14-25;1-5-26(6-2,23-9-10-24(27)20(4)18-23)22-8-7-21(19(3)17-22)11-12-25(28)13-15-29-16-14-25/h7-10,17-18,31H,5-6,13-16H2,1-4H3;7-10,17-18,27-28H,5-6,13-16H2,1-4H3. The molecule has 2 aliphatic rings. The summed E-state index contributed by atoms with van der Waals surface area (Å²) in [4.78, 5) is 0. The van der Waals surface area contributed by atoms with E-state index in [9.17, 15) is 36.9 Å². The molecule has 0 saturated carbocycles. The summed E-state index contributed by atoms with van der Waals surface area (Å²) in [6, 6.07) is 22.9. The molecule has 0 bridgehead atoms. The van der Waals surface area contributed by atoms with E-state index in [1.807, 2.05) is 52.0 Å². The maximum atomic E-state index is 12.8. The zero-order valence-electron chi connectivity index (χ0n) is 38.8. The molecule has 0 aromatic heterocycles. The van der Waals surface area contributed by atoms with E-state index in [4.69, 9.17) is 9.47 Å². The summed E-state index contributed by atoms with van der Waals surface area (Å²) < 4.78 is 76.2. The maximum absolute atomic E-state index is 12.8. The minimum Gasteiger partial charge on any atom is -0.508 e. The minimum atomic E-state index is -5.75. The SMILES string of the molecule is CCC(CC)(c1ccc(C#CC2(O)CCOCC2)c(C)c1)c1ccc(OS(=O)(=O)C(F)(F)F)c(C)c1.CCC(CC)(c1ccc(O)c(C)c1)c1ccc(C#CC2(O)CCOCC2)c(C)c1. The number of benzene rings is 4. The highest BCUT2D eigenvalue weighted by atomic mass is 32.2. The molecule has 12 heteroatoms. The number of ether oxygens (including phenoxy) is 2. The molecule has 2 aliphatic heterocycles. The third-order valence-corrected chi connectivity index (χ3v) is 14.4. The molecule has 0 atom stereocenters. The highest BCUT2D eigenvalue weighted by Crippen LogP contribution is 2.43. The molecule has 6 rings (SSSR count). The van der Waals surface area contributed by atoms with Crippen LogP contribution in [0.3, 0.4) is 0 Å². The molecule has 0 unspecified atom stereocenters. The van der Waals surface area contributed by atoms with Gasteiger partial charge in [-0.05, 0) is 122 Å². The first-order valence-electron chi connectivity index (χ1n) is 22.4. The van der Waals surface area contributed by atoms with Crippen LogP contribution in [0, 0.1) is 51.4 Å². The van der Waals surface area contributed by atoms with Crippen LogP contribution in [0.2, 0.25) is 0 Å². The molecule has 0 radical (unpaired) electrons. The molecule has 0 amide bonds. The predicted molar refractivity (Wildman–Crippen MR) is 248 cm³/mol. The summed E-state index contributed by atoms with van der Waals surface area (Å²) >= 11 is 0. The van der Waals surface area contributed by atoms with Crippen LogP contribution in [0.5, 0.6) is 11.5 Å². The average molecular weight is 917 g/mol. The van der Waals surface area contributed by atoms with Gasteiger partial charge in [0.2, 0.25) is 0 Å². The molecule has 350 valence electrons. The van der Waals surface area contributed by atoms with Crippen molar-refractivity contribution in [2.75, 3.05) is 26.4 Å². The Kier molecular flexibility index (Phi) is 16.4. The van der Waals surface area contributed by atoms with Gasteiger partial charge in [-0.1, -0.05) is 99.9 Å². The van der Waals surface area contributed by atoms with Gasteiger partial charge < -0.3 is 29.0 Å². The van der Waals surface area contributed by atoms with Crippen LogP contribution in [0.25, 0.3) is 0 Å². The summed E-state index contributed by atoms with van der Waals surface area (Å²) in [5, 5.41) is 31.2. The number of hydrogen-bond donors (Lipinski definition) is 3. The van der Waals surface area contributed by atoms with Gasteiger partial charge >= 0.3 is 15.6 Å². The Morgan fingerprint density at radius 1 is 0.585 bits per heavy atom. The number of phenolic OH excluding ortho intramolecular Hbond substituents is 1. The second-order valence-electron chi connectivity index (χ2n) is 17.4. The number of aromatic hydroxyl groups is 1. The van der Waals surface area contributed by atoms with Crippen LogP contribution in [0.4, 0.5) is 13.2 Å². The molecule has 65 heavy (non-hydrogen) atoms. The quantitative estimate of drug-likeness (QED) is 0.0817. The number of rotatable bonds is 10. The molecule has 2 heterocycles. The van der Waals surface area contributed by atoms with Gasteiger partial charge in [0, 0.05) is 47.6 Å². The monoisotopic (exact) mass is 916 g/mol. The minimum absolute atomic E-state index is 0.103. The van der Waals surface area contributed by atoms with Crippen LogP contribution >= 0.6 is 0 Å². The fraction of sp³-hybridized carbons (Fsp3) is 0.472. The lowest BCUT2D eigenvalue weighted by Gasteiger charge is -2.34. The summed E-state index contributed by atoms with van der Waals surface area (Å²) in [5.41, 5.74) is 1.29. The molecular formula is C53H63F3O8S. The molecule has 8 nitrogen and oxygen atoms in total. The number of hydrogen-bond acceptors (Lipinski definition) is 8. The molecule has 2 saturated heterocycles. The van der Waals surface area contributed by atoms with Crippen molar-refractivity contribution in [3.8, 4) is 35.2 Å². The van der Waals surface area contributed by atoms with E-state index < -0.39 is 32.2 Å². The lowest BCUT2D eigenvalue weighted by atomic mass is 9.70. The normalized spacial score (nSPS) is 16.2. The first kappa shape index (κ1) is 51.2. The molecule has 0 spiro atoms. The second kappa shape index (κ2) is 20.8. The van der Waals surface area contributed by atoms with Crippen LogP contribution in [0.15, 0.2) is 72.8 Å². The summed E-state index contributed by atoms with van der Waals surface area (Å²) in [6.07, 6.45) is 5.40.